The van der Waals surface area contributed by atoms with Gasteiger partial charge in [-0.25, -0.2) is 19.0 Å². The summed E-state index contributed by atoms with van der Waals surface area (Å²) in [6, 6.07) is 8.23. The average molecular weight is 285 g/mol. The Hall–Kier alpha value is -1.44. The molecule has 1 rings (SSSR count). The van der Waals surface area contributed by atoms with Gasteiger partial charge in [-0.05, 0) is 25.0 Å². The van der Waals surface area contributed by atoms with Crippen molar-refractivity contribution in [1.82, 2.24) is 10.1 Å². The van der Waals surface area contributed by atoms with Crippen LogP contribution in [0, 0.1) is 0 Å². The molecule has 0 unspecified atom stereocenters. The Morgan fingerprint density at radius 1 is 1.11 bits per heavy atom. The lowest BCUT2D eigenvalue weighted by Crippen LogP contribution is -2.29. The number of nitrogens with one attached hydrogen (secondary N) is 2. The van der Waals surface area contributed by atoms with E-state index in [1.54, 1.807) is 30.3 Å². The Balaban J connectivity index is 2.24. The monoisotopic (exact) mass is 285 g/mol. The number of unbranched alkanes of at least 4 members (excludes halogenated alkanes) is 2. The molecule has 0 heterocycles. The smallest absolute Gasteiger partial charge is 0.240 e. The number of benzene rings is 1. The van der Waals surface area contributed by atoms with Crippen molar-refractivity contribution < 1.29 is 13.2 Å². The van der Waals surface area contributed by atoms with E-state index >= 15 is 0 Å². The quantitative estimate of drug-likeness (QED) is 0.280. The topological polar surface area (TPSA) is 101 Å². The molecule has 0 fully saturated rings. The Morgan fingerprint density at radius 3 is 2.42 bits per heavy atom. The van der Waals surface area contributed by atoms with Crippen LogP contribution in [0.15, 0.2) is 35.2 Å². The van der Waals surface area contributed by atoms with Gasteiger partial charge in [-0.15, -0.1) is 0 Å². The van der Waals surface area contributed by atoms with Crippen LogP contribution in [0.3, 0.4) is 0 Å². The van der Waals surface area contributed by atoms with Crippen LogP contribution < -0.4 is 16.0 Å². The molecule has 1 aromatic rings. The molecule has 19 heavy (non-hydrogen) atoms. The van der Waals surface area contributed by atoms with Gasteiger partial charge in [0.1, 0.15) is 0 Å². The lowest BCUT2D eigenvalue weighted by atomic mass is 10.2. The number of hydrogen-bond acceptors (Lipinski definition) is 4. The van der Waals surface area contributed by atoms with Crippen molar-refractivity contribution in [1.29, 1.82) is 0 Å². The number of amides is 1. The van der Waals surface area contributed by atoms with E-state index in [1.165, 1.54) is 0 Å². The summed E-state index contributed by atoms with van der Waals surface area (Å²) in [4.78, 5) is 11.1. The lowest BCUT2D eigenvalue weighted by molar-refractivity contribution is -0.121. The van der Waals surface area contributed by atoms with E-state index in [2.05, 4.69) is 10.1 Å². The number of nitrogens with two attached hydrogens (primary N) is 1. The van der Waals surface area contributed by atoms with Crippen molar-refractivity contribution >= 4 is 15.9 Å². The van der Waals surface area contributed by atoms with E-state index in [4.69, 9.17) is 5.84 Å². The Kier molecular flexibility index (Phi) is 6.48. The third-order valence-corrected chi connectivity index (χ3v) is 4.06. The molecule has 4 N–H and O–H groups in total. The fourth-order valence-electron chi connectivity index (χ4n) is 1.55. The molecule has 0 aliphatic rings. The molecule has 0 atom stereocenters. The molecular formula is C12H19N3O3S. The first-order valence-electron chi connectivity index (χ1n) is 6.10. The first-order chi connectivity index (χ1) is 9.06. The van der Waals surface area contributed by atoms with Crippen molar-refractivity contribution in [2.75, 3.05) is 6.54 Å². The summed E-state index contributed by atoms with van der Waals surface area (Å²) in [5.74, 6) is 4.74. The number of rotatable bonds is 8. The molecule has 0 aliphatic carbocycles. The minimum atomic E-state index is -3.42. The van der Waals surface area contributed by atoms with Crippen LogP contribution >= 0.6 is 0 Å². The Labute approximate surface area is 113 Å². The van der Waals surface area contributed by atoms with E-state index in [-0.39, 0.29) is 10.8 Å². The highest BCUT2D eigenvalue weighted by Gasteiger charge is 2.11. The summed E-state index contributed by atoms with van der Waals surface area (Å²) >= 11 is 0. The molecule has 0 spiro atoms. The fraction of sp³-hybridized carbons (Fsp3) is 0.417. The Morgan fingerprint density at radius 2 is 1.79 bits per heavy atom. The molecule has 6 nitrogen and oxygen atoms in total. The maximum Gasteiger partial charge on any atom is 0.240 e. The van der Waals surface area contributed by atoms with Crippen LogP contribution in [0.5, 0.6) is 0 Å². The summed E-state index contributed by atoms with van der Waals surface area (Å²) in [5.41, 5.74) is 2.05. The van der Waals surface area contributed by atoms with E-state index in [0.29, 0.717) is 25.8 Å². The molecule has 0 radical (unpaired) electrons. The van der Waals surface area contributed by atoms with Crippen LogP contribution in [0.4, 0.5) is 0 Å². The number of carbonyl (C=O) groups is 1. The maximum atomic E-state index is 11.8. The molecule has 1 amide bonds. The minimum Gasteiger partial charge on any atom is -0.294 e. The maximum absolute atomic E-state index is 11.8. The molecule has 0 aromatic heterocycles. The SMILES string of the molecule is NNC(=O)CCCCCNS(=O)(=O)c1ccccc1. The zero-order chi connectivity index (χ0) is 14.1. The minimum absolute atomic E-state index is 0.204. The molecule has 0 aliphatic heterocycles. The van der Waals surface area contributed by atoms with Crippen LogP contribution in [-0.2, 0) is 14.8 Å². The summed E-state index contributed by atoms with van der Waals surface area (Å²) in [6.07, 6.45) is 2.51. The number of hydrogen-bond donors (Lipinski definition) is 3. The highest BCUT2D eigenvalue weighted by Crippen LogP contribution is 2.07. The van der Waals surface area contributed by atoms with Crippen LogP contribution in [0.2, 0.25) is 0 Å². The number of hydrazine groups is 1. The molecular weight excluding hydrogens is 266 g/mol. The van der Waals surface area contributed by atoms with E-state index in [1.807, 2.05) is 0 Å². The normalized spacial score (nSPS) is 11.2. The highest BCUT2D eigenvalue weighted by molar-refractivity contribution is 7.89. The molecule has 106 valence electrons. The first kappa shape index (κ1) is 15.6. The summed E-state index contributed by atoms with van der Waals surface area (Å²) in [5, 5.41) is 0. The largest absolute Gasteiger partial charge is 0.294 e. The van der Waals surface area contributed by atoms with Gasteiger partial charge < -0.3 is 0 Å². The van der Waals surface area contributed by atoms with Gasteiger partial charge in [0.15, 0.2) is 0 Å². The van der Waals surface area contributed by atoms with Crippen molar-refractivity contribution in [3.63, 3.8) is 0 Å². The standard InChI is InChI=1S/C12H19N3O3S/c13-15-12(16)9-5-2-6-10-14-19(17,18)11-7-3-1-4-8-11/h1,3-4,7-8,14H,2,5-6,9-10,13H2,(H,15,16). The number of sulfonamides is 1. The van der Waals surface area contributed by atoms with Crippen LogP contribution in [0.1, 0.15) is 25.7 Å². The van der Waals surface area contributed by atoms with Crippen LogP contribution in [0.25, 0.3) is 0 Å². The summed E-state index contributed by atoms with van der Waals surface area (Å²) < 4.78 is 26.2. The van der Waals surface area contributed by atoms with Crippen molar-refractivity contribution in [3.8, 4) is 0 Å². The van der Waals surface area contributed by atoms with Crippen LogP contribution in [-0.4, -0.2) is 20.9 Å². The average Bonchev–Trinajstić information content (AvgIpc) is 2.43. The molecule has 0 saturated heterocycles. The summed E-state index contributed by atoms with van der Waals surface area (Å²) in [7, 11) is -3.42. The van der Waals surface area contributed by atoms with Gasteiger partial charge in [-0.3, -0.25) is 10.2 Å². The Bertz CT molecular complexity index is 488. The molecule has 1 aromatic carbocycles. The van der Waals surface area contributed by atoms with E-state index in [0.717, 1.165) is 6.42 Å². The van der Waals surface area contributed by atoms with Crippen molar-refractivity contribution in [2.24, 2.45) is 5.84 Å². The highest BCUT2D eigenvalue weighted by atomic mass is 32.2. The molecule has 7 heteroatoms. The van der Waals surface area contributed by atoms with Gasteiger partial charge in [0.05, 0.1) is 4.90 Å². The van der Waals surface area contributed by atoms with E-state index < -0.39 is 10.0 Å². The second kappa shape index (κ2) is 7.88. The van der Waals surface area contributed by atoms with E-state index in [9.17, 15) is 13.2 Å². The fourth-order valence-corrected chi connectivity index (χ4v) is 2.64. The third kappa shape index (κ3) is 5.82. The van der Waals surface area contributed by atoms with Gasteiger partial charge >= 0.3 is 0 Å². The predicted octanol–water partition coefficient (Wildman–Crippen LogP) is 0.515. The predicted molar refractivity (Wildman–Crippen MR) is 72.4 cm³/mol. The van der Waals surface area contributed by atoms with Crippen molar-refractivity contribution in [3.05, 3.63) is 30.3 Å². The third-order valence-electron chi connectivity index (χ3n) is 2.59. The molecule has 0 saturated carbocycles. The van der Waals surface area contributed by atoms with Gasteiger partial charge in [-0.1, -0.05) is 24.6 Å². The van der Waals surface area contributed by atoms with Gasteiger partial charge in [0.2, 0.25) is 15.9 Å². The first-order valence-corrected chi connectivity index (χ1v) is 7.59. The zero-order valence-electron chi connectivity index (χ0n) is 10.6. The van der Waals surface area contributed by atoms with Crippen molar-refractivity contribution in [2.45, 2.75) is 30.6 Å². The van der Waals surface area contributed by atoms with Gasteiger partial charge in [-0.2, -0.15) is 0 Å². The zero-order valence-corrected chi connectivity index (χ0v) is 11.4. The van der Waals surface area contributed by atoms with Gasteiger partial charge in [0, 0.05) is 13.0 Å². The molecule has 0 bridgehead atoms. The second-order valence-electron chi connectivity index (χ2n) is 4.09. The summed E-state index contributed by atoms with van der Waals surface area (Å²) in [6.45, 7) is 0.363. The number of carbonyl (C=O) groups excluding carboxylic acids is 1. The lowest BCUT2D eigenvalue weighted by Gasteiger charge is -2.06. The second-order valence-corrected chi connectivity index (χ2v) is 5.86. The van der Waals surface area contributed by atoms with Gasteiger partial charge in [0.25, 0.3) is 0 Å².